The van der Waals surface area contributed by atoms with Gasteiger partial charge in [-0.2, -0.15) is 8.78 Å². The molecule has 0 spiro atoms. The Labute approximate surface area is 213 Å². The van der Waals surface area contributed by atoms with Gasteiger partial charge >= 0.3 is 12.6 Å². The van der Waals surface area contributed by atoms with Gasteiger partial charge in [0.1, 0.15) is 11.4 Å². The predicted molar refractivity (Wildman–Crippen MR) is 133 cm³/mol. The van der Waals surface area contributed by atoms with E-state index in [1.807, 2.05) is 43.0 Å². The van der Waals surface area contributed by atoms with E-state index in [0.717, 1.165) is 16.7 Å². The van der Waals surface area contributed by atoms with Crippen LogP contribution in [0.3, 0.4) is 0 Å². The molecule has 4 rings (SSSR count). The van der Waals surface area contributed by atoms with Gasteiger partial charge in [0.2, 0.25) is 11.8 Å². The van der Waals surface area contributed by atoms with Gasteiger partial charge in [0.15, 0.2) is 0 Å². The van der Waals surface area contributed by atoms with Crippen molar-refractivity contribution < 1.29 is 28.2 Å². The third-order valence-corrected chi connectivity index (χ3v) is 6.42. The van der Waals surface area contributed by atoms with Crippen molar-refractivity contribution in [3.05, 3.63) is 82.8 Å². The molecule has 3 heterocycles. The maximum absolute atomic E-state index is 13.9. The van der Waals surface area contributed by atoms with Crippen LogP contribution in [-0.2, 0) is 16.8 Å². The molecule has 1 aliphatic heterocycles. The molecule has 0 saturated carbocycles. The van der Waals surface area contributed by atoms with E-state index in [4.69, 9.17) is 0 Å². The summed E-state index contributed by atoms with van der Waals surface area (Å²) < 4.78 is 30.6. The van der Waals surface area contributed by atoms with Gasteiger partial charge in [-0.05, 0) is 53.8 Å². The third-order valence-electron chi connectivity index (χ3n) is 6.42. The van der Waals surface area contributed by atoms with Crippen molar-refractivity contribution in [2.75, 3.05) is 18.4 Å². The van der Waals surface area contributed by atoms with Gasteiger partial charge in [-0.15, -0.1) is 0 Å². The first-order valence-electron chi connectivity index (χ1n) is 11.8. The number of amides is 1. The second-order valence-electron chi connectivity index (χ2n) is 9.46. The van der Waals surface area contributed by atoms with E-state index in [2.05, 4.69) is 20.0 Å². The van der Waals surface area contributed by atoms with Crippen LogP contribution in [0.15, 0.2) is 54.7 Å². The van der Waals surface area contributed by atoms with Crippen LogP contribution in [-0.4, -0.2) is 51.6 Å². The second kappa shape index (κ2) is 10.6. The number of anilines is 1. The largest absolute Gasteiger partial charge is 0.477 e. The minimum absolute atomic E-state index is 0.0504. The highest BCUT2D eigenvalue weighted by Gasteiger charge is 2.51. The Balaban J connectivity index is 1.65. The van der Waals surface area contributed by atoms with E-state index in [1.165, 1.54) is 18.3 Å². The number of aromatic nitrogens is 2. The lowest BCUT2D eigenvalue weighted by molar-refractivity contribution is -0.128. The molecule has 3 aromatic rings. The number of halogens is 2. The van der Waals surface area contributed by atoms with Crippen molar-refractivity contribution in [2.45, 2.75) is 45.3 Å². The molecule has 1 aromatic carbocycles. The third kappa shape index (κ3) is 5.59. The van der Waals surface area contributed by atoms with Crippen LogP contribution in [0.4, 0.5) is 14.5 Å². The SMILES string of the molecule is Cc1ccc(NC(=O)C2(c3ccccc3C(C)C)CN(Cc3ccnc(C(=O)O)c3)C2)c(OC(F)F)n1. The van der Waals surface area contributed by atoms with Crippen molar-refractivity contribution in [3.8, 4) is 5.88 Å². The summed E-state index contributed by atoms with van der Waals surface area (Å²) in [5, 5.41) is 12.0. The number of carbonyl (C=O) groups is 2. The van der Waals surface area contributed by atoms with Crippen LogP contribution in [0.2, 0.25) is 0 Å². The molecule has 0 unspecified atom stereocenters. The Morgan fingerprint density at radius 3 is 2.57 bits per heavy atom. The molecular weight excluding hydrogens is 482 g/mol. The Hall–Kier alpha value is -3.92. The Kier molecular flexibility index (Phi) is 7.49. The molecule has 1 fully saturated rings. The fraction of sp³-hybridized carbons (Fsp3) is 0.333. The zero-order valence-corrected chi connectivity index (χ0v) is 20.7. The molecular formula is C27H28F2N4O4. The average Bonchev–Trinajstić information content (AvgIpc) is 2.82. The quantitative estimate of drug-likeness (QED) is 0.434. The summed E-state index contributed by atoms with van der Waals surface area (Å²) in [4.78, 5) is 35.1. The second-order valence-corrected chi connectivity index (χ2v) is 9.46. The number of carboxylic acid groups (broad SMARTS) is 1. The number of rotatable bonds is 9. The van der Waals surface area contributed by atoms with Crippen LogP contribution in [0.1, 0.15) is 52.6 Å². The zero-order valence-electron chi connectivity index (χ0n) is 20.7. The lowest BCUT2D eigenvalue weighted by Gasteiger charge is -2.50. The number of aromatic carboxylic acids is 1. The molecule has 2 aromatic heterocycles. The van der Waals surface area contributed by atoms with Crippen LogP contribution in [0.25, 0.3) is 0 Å². The molecule has 0 atom stereocenters. The summed E-state index contributed by atoms with van der Waals surface area (Å²) in [7, 11) is 0. The van der Waals surface area contributed by atoms with E-state index in [-0.39, 0.29) is 29.1 Å². The minimum Gasteiger partial charge on any atom is -0.477 e. The molecule has 0 radical (unpaired) electrons. The van der Waals surface area contributed by atoms with Gasteiger partial charge in [0, 0.05) is 31.5 Å². The molecule has 8 nitrogen and oxygen atoms in total. The highest BCUT2D eigenvalue weighted by atomic mass is 19.3. The number of hydrogen-bond acceptors (Lipinski definition) is 6. The first-order valence-corrected chi connectivity index (χ1v) is 11.8. The number of hydrogen-bond donors (Lipinski definition) is 2. The summed E-state index contributed by atoms with van der Waals surface area (Å²) in [6.45, 7) is 3.76. The van der Waals surface area contributed by atoms with E-state index in [1.54, 1.807) is 19.1 Å². The Morgan fingerprint density at radius 2 is 1.89 bits per heavy atom. The molecule has 37 heavy (non-hydrogen) atoms. The van der Waals surface area contributed by atoms with E-state index in [9.17, 15) is 23.5 Å². The summed E-state index contributed by atoms with van der Waals surface area (Å²) in [6, 6.07) is 14.1. The van der Waals surface area contributed by atoms with Crippen molar-refractivity contribution in [3.63, 3.8) is 0 Å². The fourth-order valence-corrected chi connectivity index (χ4v) is 4.69. The number of benzene rings is 1. The van der Waals surface area contributed by atoms with Crippen molar-refractivity contribution >= 4 is 17.6 Å². The van der Waals surface area contributed by atoms with E-state index >= 15 is 0 Å². The van der Waals surface area contributed by atoms with E-state index in [0.29, 0.717) is 25.3 Å². The van der Waals surface area contributed by atoms with Crippen LogP contribution < -0.4 is 10.1 Å². The number of carbonyl (C=O) groups excluding carboxylic acids is 1. The van der Waals surface area contributed by atoms with Crippen LogP contribution in [0.5, 0.6) is 5.88 Å². The highest BCUT2D eigenvalue weighted by Crippen LogP contribution is 2.41. The number of nitrogens with zero attached hydrogens (tertiary/aromatic N) is 3. The molecule has 1 amide bonds. The Morgan fingerprint density at radius 1 is 1.16 bits per heavy atom. The van der Waals surface area contributed by atoms with Crippen LogP contribution >= 0.6 is 0 Å². The summed E-state index contributed by atoms with van der Waals surface area (Å²) in [5.74, 6) is -1.67. The Bertz CT molecular complexity index is 1310. The minimum atomic E-state index is -3.09. The molecule has 2 N–H and O–H groups in total. The molecule has 10 heteroatoms. The van der Waals surface area contributed by atoms with Crippen molar-refractivity contribution in [1.29, 1.82) is 0 Å². The first-order chi connectivity index (χ1) is 17.6. The van der Waals surface area contributed by atoms with Crippen molar-refractivity contribution in [2.24, 2.45) is 0 Å². The number of aryl methyl sites for hydroxylation is 1. The molecule has 0 bridgehead atoms. The van der Waals surface area contributed by atoms with Gasteiger partial charge < -0.3 is 15.2 Å². The molecule has 1 aliphatic rings. The van der Waals surface area contributed by atoms with Gasteiger partial charge in [0.05, 0.1) is 5.41 Å². The highest BCUT2D eigenvalue weighted by molar-refractivity contribution is 6.01. The molecule has 1 saturated heterocycles. The smallest absolute Gasteiger partial charge is 0.388 e. The number of alkyl halides is 2. The lowest BCUT2D eigenvalue weighted by Crippen LogP contribution is -2.64. The predicted octanol–water partition coefficient (Wildman–Crippen LogP) is 4.60. The monoisotopic (exact) mass is 510 g/mol. The standard InChI is InChI=1S/C27H28F2N4O4/c1-16(2)19-6-4-5-7-20(19)27(14-33(15-27)13-18-10-11-30-22(12-18)24(34)35)25(36)32-21-9-8-17(3)31-23(21)37-26(28)29/h4-12,16,26H,13-15H2,1-3H3,(H,32,36)(H,34,35). The first kappa shape index (κ1) is 26.2. The fourth-order valence-electron chi connectivity index (χ4n) is 4.69. The molecule has 194 valence electrons. The summed E-state index contributed by atoms with van der Waals surface area (Å²) >= 11 is 0. The zero-order chi connectivity index (χ0) is 26.7. The van der Waals surface area contributed by atoms with Gasteiger partial charge in [-0.3, -0.25) is 9.69 Å². The average molecular weight is 511 g/mol. The maximum Gasteiger partial charge on any atom is 0.388 e. The summed E-state index contributed by atoms with van der Waals surface area (Å²) in [6.07, 6.45) is 1.45. The number of likely N-dealkylation sites (tertiary alicyclic amines) is 1. The molecule has 0 aliphatic carbocycles. The maximum atomic E-state index is 13.9. The van der Waals surface area contributed by atoms with Crippen molar-refractivity contribution in [1.82, 2.24) is 14.9 Å². The normalized spacial score (nSPS) is 14.9. The number of ether oxygens (including phenoxy) is 1. The van der Waals surface area contributed by atoms with Gasteiger partial charge in [0.25, 0.3) is 0 Å². The number of carboxylic acids is 1. The summed E-state index contributed by atoms with van der Waals surface area (Å²) in [5.41, 5.74) is 2.16. The van der Waals surface area contributed by atoms with Crippen LogP contribution in [0, 0.1) is 6.92 Å². The topological polar surface area (TPSA) is 105 Å². The number of nitrogens with one attached hydrogen (secondary N) is 1. The number of pyridine rings is 2. The van der Waals surface area contributed by atoms with E-state index < -0.39 is 18.0 Å². The van der Waals surface area contributed by atoms with Gasteiger partial charge in [-0.25, -0.2) is 14.8 Å². The van der Waals surface area contributed by atoms with Gasteiger partial charge in [-0.1, -0.05) is 38.1 Å². The lowest BCUT2D eigenvalue weighted by atomic mass is 9.69.